The van der Waals surface area contributed by atoms with Gasteiger partial charge in [0.05, 0.1) is 11.7 Å². The number of aromatic nitrogens is 1. The summed E-state index contributed by atoms with van der Waals surface area (Å²) >= 11 is 8.89. The molecule has 0 aliphatic heterocycles. The van der Waals surface area contributed by atoms with Crippen LogP contribution in [0.15, 0.2) is 12.3 Å². The second-order valence-electron chi connectivity index (χ2n) is 3.40. The van der Waals surface area contributed by atoms with Crippen LogP contribution in [0, 0.1) is 0 Å². The Morgan fingerprint density at radius 2 is 2.18 bits per heavy atom. The number of aliphatic hydroxyl groups excluding tert-OH is 2. The van der Waals surface area contributed by atoms with Crippen molar-refractivity contribution in [3.8, 4) is 0 Å². The minimum atomic E-state index is -1.26. The molecular formula is C10H11BrClNO4. The molecule has 0 aliphatic carbocycles. The van der Waals surface area contributed by atoms with Crippen LogP contribution in [0.5, 0.6) is 0 Å². The number of hydrogen-bond acceptors (Lipinski definition) is 4. The summed E-state index contributed by atoms with van der Waals surface area (Å²) in [6.07, 6.45) is -0.878. The lowest BCUT2D eigenvalue weighted by molar-refractivity contribution is 0.0171. The molecule has 1 aromatic heterocycles. The summed E-state index contributed by atoms with van der Waals surface area (Å²) < 4.78 is 0. The van der Waals surface area contributed by atoms with Crippen molar-refractivity contribution in [1.82, 2.24) is 4.98 Å². The molecule has 0 saturated carbocycles. The van der Waals surface area contributed by atoms with Gasteiger partial charge in [0.15, 0.2) is 0 Å². The Balaban J connectivity index is 3.03. The molecule has 0 saturated heterocycles. The maximum absolute atomic E-state index is 10.7. The highest BCUT2D eigenvalue weighted by Crippen LogP contribution is 2.26. The maximum Gasteiger partial charge on any atom is 0.337 e. The van der Waals surface area contributed by atoms with Crippen LogP contribution < -0.4 is 0 Å². The van der Waals surface area contributed by atoms with E-state index >= 15 is 0 Å². The fourth-order valence-corrected chi connectivity index (χ4v) is 1.95. The smallest absolute Gasteiger partial charge is 0.337 e. The molecule has 0 fully saturated rings. The van der Waals surface area contributed by atoms with Gasteiger partial charge < -0.3 is 15.3 Å². The summed E-state index contributed by atoms with van der Waals surface area (Å²) in [5.41, 5.74) is 0.0227. The Kier molecular flexibility index (Phi) is 5.32. The van der Waals surface area contributed by atoms with E-state index in [4.69, 9.17) is 16.7 Å². The molecule has 17 heavy (non-hydrogen) atoms. The van der Waals surface area contributed by atoms with E-state index < -0.39 is 18.2 Å². The molecule has 0 bridgehead atoms. The predicted octanol–water partition coefficient (Wildman–Crippen LogP) is 1.61. The summed E-state index contributed by atoms with van der Waals surface area (Å²) in [4.78, 5) is 14.4. The number of aromatic carboxylic acids is 1. The van der Waals surface area contributed by atoms with E-state index in [1.807, 2.05) is 0 Å². The van der Waals surface area contributed by atoms with Crippen LogP contribution in [0.25, 0.3) is 0 Å². The van der Waals surface area contributed by atoms with E-state index in [0.29, 0.717) is 11.8 Å². The third-order valence-corrected chi connectivity index (χ3v) is 2.97. The van der Waals surface area contributed by atoms with Crippen LogP contribution >= 0.6 is 27.5 Å². The van der Waals surface area contributed by atoms with Crippen LogP contribution in [0.3, 0.4) is 0 Å². The number of aliphatic hydroxyl groups is 2. The highest BCUT2D eigenvalue weighted by atomic mass is 79.9. The normalized spacial score (nSPS) is 14.4. The van der Waals surface area contributed by atoms with Gasteiger partial charge in [-0.05, 0) is 12.5 Å². The van der Waals surface area contributed by atoms with Crippen molar-refractivity contribution in [2.24, 2.45) is 0 Å². The fraction of sp³-hybridized carbons (Fsp3) is 0.400. The molecule has 0 amide bonds. The van der Waals surface area contributed by atoms with Gasteiger partial charge in [-0.3, -0.25) is 0 Å². The van der Waals surface area contributed by atoms with Crippen LogP contribution in [-0.4, -0.2) is 37.7 Å². The topological polar surface area (TPSA) is 90.7 Å². The van der Waals surface area contributed by atoms with Crippen molar-refractivity contribution < 1.29 is 20.1 Å². The second kappa shape index (κ2) is 6.30. The third kappa shape index (κ3) is 3.64. The van der Waals surface area contributed by atoms with Gasteiger partial charge in [0, 0.05) is 17.1 Å². The second-order valence-corrected chi connectivity index (χ2v) is 4.55. The Labute approximate surface area is 111 Å². The summed E-state index contributed by atoms with van der Waals surface area (Å²) in [5.74, 6) is -1.17. The molecule has 1 heterocycles. The Morgan fingerprint density at radius 1 is 1.53 bits per heavy atom. The zero-order chi connectivity index (χ0) is 13.0. The largest absolute Gasteiger partial charge is 0.478 e. The van der Waals surface area contributed by atoms with Gasteiger partial charge in [-0.15, -0.1) is 0 Å². The van der Waals surface area contributed by atoms with E-state index in [0.717, 1.165) is 6.20 Å². The molecule has 2 unspecified atom stereocenters. The number of carboxylic acid groups (broad SMARTS) is 1. The highest BCUT2D eigenvalue weighted by Gasteiger charge is 2.22. The molecule has 0 radical (unpaired) electrons. The number of carbonyl (C=O) groups is 1. The van der Waals surface area contributed by atoms with Gasteiger partial charge in [-0.2, -0.15) is 0 Å². The number of halogens is 2. The maximum atomic E-state index is 10.7. The monoisotopic (exact) mass is 323 g/mol. The standard InChI is InChI=1S/C10H11BrClNO4/c11-2-1-7(14)8(15)6-3-5(10(16)17)4-13-9(6)12/h3-4,7-8,14-15H,1-2H2,(H,16,17). The van der Waals surface area contributed by atoms with E-state index in [2.05, 4.69) is 20.9 Å². The zero-order valence-corrected chi connectivity index (χ0v) is 11.0. The first-order valence-electron chi connectivity index (χ1n) is 4.78. The van der Waals surface area contributed by atoms with E-state index in [1.165, 1.54) is 6.07 Å². The van der Waals surface area contributed by atoms with Gasteiger partial charge in [0.25, 0.3) is 0 Å². The minimum Gasteiger partial charge on any atom is -0.478 e. The molecule has 0 spiro atoms. The molecule has 1 rings (SSSR count). The molecule has 3 N–H and O–H groups in total. The van der Waals surface area contributed by atoms with E-state index in [-0.39, 0.29) is 16.3 Å². The number of rotatable bonds is 5. The fourth-order valence-electron chi connectivity index (χ4n) is 1.27. The number of alkyl halides is 1. The average Bonchev–Trinajstić information content (AvgIpc) is 2.28. The average molecular weight is 325 g/mol. The van der Waals surface area contributed by atoms with E-state index in [9.17, 15) is 15.0 Å². The lowest BCUT2D eigenvalue weighted by atomic mass is 10.0. The quantitative estimate of drug-likeness (QED) is 0.565. The summed E-state index contributed by atoms with van der Waals surface area (Å²) in [6, 6.07) is 1.21. The van der Waals surface area contributed by atoms with Crippen LogP contribution in [0.4, 0.5) is 0 Å². The number of nitrogens with zero attached hydrogens (tertiary/aromatic N) is 1. The first-order chi connectivity index (χ1) is 7.97. The Hall–Kier alpha value is -0.690. The van der Waals surface area contributed by atoms with Crippen molar-refractivity contribution in [1.29, 1.82) is 0 Å². The zero-order valence-electron chi connectivity index (χ0n) is 8.68. The predicted molar refractivity (Wildman–Crippen MR) is 65.6 cm³/mol. The van der Waals surface area contributed by atoms with Crippen molar-refractivity contribution in [3.63, 3.8) is 0 Å². The van der Waals surface area contributed by atoms with Gasteiger partial charge in [0.1, 0.15) is 11.3 Å². The molecule has 1 aromatic rings. The number of hydrogen-bond donors (Lipinski definition) is 3. The molecule has 0 aliphatic rings. The van der Waals surface area contributed by atoms with Crippen LogP contribution in [-0.2, 0) is 0 Å². The SMILES string of the molecule is O=C(O)c1cnc(Cl)c(C(O)C(O)CCBr)c1. The molecular weight excluding hydrogens is 313 g/mol. The van der Waals surface area contributed by atoms with Crippen LogP contribution in [0.1, 0.15) is 28.4 Å². The highest BCUT2D eigenvalue weighted by molar-refractivity contribution is 9.09. The molecule has 7 heteroatoms. The Bertz CT molecular complexity index is 415. The molecule has 0 aromatic carbocycles. The Morgan fingerprint density at radius 3 is 2.71 bits per heavy atom. The summed E-state index contributed by atoms with van der Waals surface area (Å²) in [7, 11) is 0. The van der Waals surface area contributed by atoms with Gasteiger partial charge in [0.2, 0.25) is 0 Å². The first kappa shape index (κ1) is 14.4. The molecule has 94 valence electrons. The molecule has 2 atom stereocenters. The molecule has 5 nitrogen and oxygen atoms in total. The lowest BCUT2D eigenvalue weighted by Crippen LogP contribution is -2.19. The van der Waals surface area contributed by atoms with Gasteiger partial charge in [-0.25, -0.2) is 9.78 Å². The lowest BCUT2D eigenvalue weighted by Gasteiger charge is -2.18. The van der Waals surface area contributed by atoms with Crippen LogP contribution in [0.2, 0.25) is 5.15 Å². The van der Waals surface area contributed by atoms with Gasteiger partial charge in [-0.1, -0.05) is 27.5 Å². The van der Waals surface area contributed by atoms with Crippen molar-refractivity contribution >= 4 is 33.5 Å². The minimum absolute atomic E-state index is 0.0175. The van der Waals surface area contributed by atoms with Crippen molar-refractivity contribution in [3.05, 3.63) is 28.5 Å². The van der Waals surface area contributed by atoms with E-state index in [1.54, 1.807) is 0 Å². The summed E-state index contributed by atoms with van der Waals surface area (Å²) in [6.45, 7) is 0. The van der Waals surface area contributed by atoms with Gasteiger partial charge >= 0.3 is 5.97 Å². The number of carboxylic acids is 1. The van der Waals surface area contributed by atoms with Crippen molar-refractivity contribution in [2.45, 2.75) is 18.6 Å². The van der Waals surface area contributed by atoms with Crippen molar-refractivity contribution in [2.75, 3.05) is 5.33 Å². The summed E-state index contributed by atoms with van der Waals surface area (Å²) in [5, 5.41) is 28.7. The number of pyridine rings is 1. The first-order valence-corrected chi connectivity index (χ1v) is 6.28. The third-order valence-electron chi connectivity index (χ3n) is 2.20.